The molecule has 1 aliphatic rings. The first-order valence-electron chi connectivity index (χ1n) is 7.11. The lowest BCUT2D eigenvalue weighted by Gasteiger charge is -2.22. The molecule has 0 atom stereocenters. The van der Waals surface area contributed by atoms with Crippen LogP contribution in [0.5, 0.6) is 5.75 Å². The van der Waals surface area contributed by atoms with Gasteiger partial charge >= 0.3 is 0 Å². The fourth-order valence-electron chi connectivity index (χ4n) is 2.68. The predicted octanol–water partition coefficient (Wildman–Crippen LogP) is 2.99. The summed E-state index contributed by atoms with van der Waals surface area (Å²) in [4.78, 5) is 0. The highest BCUT2D eigenvalue weighted by Crippen LogP contribution is 2.25. The molecule has 1 aromatic carbocycles. The number of nitrogens with zero attached hydrogens (tertiary/aromatic N) is 2. The predicted molar refractivity (Wildman–Crippen MR) is 77.8 cm³/mol. The van der Waals surface area contributed by atoms with E-state index in [1.807, 2.05) is 18.3 Å². The highest BCUT2D eigenvalue weighted by molar-refractivity contribution is 5.61. The second-order valence-electron chi connectivity index (χ2n) is 5.19. The number of hydrogen-bond acceptors (Lipinski definition) is 3. The van der Waals surface area contributed by atoms with Gasteiger partial charge in [-0.15, -0.1) is 0 Å². The highest BCUT2D eigenvalue weighted by atomic mass is 16.5. The third kappa shape index (κ3) is 2.85. The summed E-state index contributed by atoms with van der Waals surface area (Å²) in [5.74, 6) is 1.54. The van der Waals surface area contributed by atoms with Crippen molar-refractivity contribution in [3.8, 4) is 17.0 Å². The van der Waals surface area contributed by atoms with Gasteiger partial charge in [0.25, 0.3) is 0 Å². The molecule has 2 aromatic rings. The first-order valence-corrected chi connectivity index (χ1v) is 7.11. The number of hydrogen-bond donors (Lipinski definition) is 0. The molecule has 0 aliphatic carbocycles. The molecule has 0 spiro atoms. The van der Waals surface area contributed by atoms with Crippen molar-refractivity contribution in [2.45, 2.75) is 19.4 Å². The van der Waals surface area contributed by atoms with Crippen molar-refractivity contribution >= 4 is 0 Å². The van der Waals surface area contributed by atoms with Crippen molar-refractivity contribution in [3.05, 3.63) is 36.5 Å². The van der Waals surface area contributed by atoms with Gasteiger partial charge in [-0.2, -0.15) is 5.10 Å². The van der Waals surface area contributed by atoms with Crippen LogP contribution in [0.25, 0.3) is 11.3 Å². The van der Waals surface area contributed by atoms with Crippen LogP contribution in [0.1, 0.15) is 12.8 Å². The minimum Gasteiger partial charge on any atom is -0.497 e. The van der Waals surface area contributed by atoms with Crippen molar-refractivity contribution in [2.24, 2.45) is 5.92 Å². The zero-order chi connectivity index (χ0) is 13.8. The minimum absolute atomic E-state index is 0.660. The van der Waals surface area contributed by atoms with Crippen molar-refractivity contribution in [1.29, 1.82) is 0 Å². The van der Waals surface area contributed by atoms with E-state index in [0.29, 0.717) is 5.92 Å². The molecule has 0 N–H and O–H groups in total. The molecule has 4 nitrogen and oxygen atoms in total. The van der Waals surface area contributed by atoms with Crippen LogP contribution in [0.15, 0.2) is 36.5 Å². The number of rotatable bonds is 4. The van der Waals surface area contributed by atoms with Gasteiger partial charge in [0.15, 0.2) is 0 Å². The van der Waals surface area contributed by atoms with Crippen LogP contribution in [-0.2, 0) is 11.3 Å². The van der Waals surface area contributed by atoms with Gasteiger partial charge in [-0.3, -0.25) is 4.68 Å². The Morgan fingerprint density at radius 2 is 2.15 bits per heavy atom. The van der Waals surface area contributed by atoms with Gasteiger partial charge in [-0.25, -0.2) is 0 Å². The molecule has 106 valence electrons. The molecule has 2 heterocycles. The second kappa shape index (κ2) is 6.09. The Balaban J connectivity index is 1.81. The quantitative estimate of drug-likeness (QED) is 0.858. The summed E-state index contributed by atoms with van der Waals surface area (Å²) in [5.41, 5.74) is 2.30. The van der Waals surface area contributed by atoms with Crippen LogP contribution in [0.3, 0.4) is 0 Å². The molecular formula is C16H20N2O2. The fourth-order valence-corrected chi connectivity index (χ4v) is 2.68. The molecule has 1 fully saturated rings. The van der Waals surface area contributed by atoms with E-state index in [1.54, 1.807) is 7.11 Å². The number of benzene rings is 1. The average Bonchev–Trinajstić information content (AvgIpc) is 2.96. The van der Waals surface area contributed by atoms with Gasteiger partial charge in [-0.05, 0) is 37.0 Å². The number of aromatic nitrogens is 2. The summed E-state index contributed by atoms with van der Waals surface area (Å²) >= 11 is 0. The standard InChI is InChI=1S/C16H20N2O2/c1-19-15-4-2-3-14(11-15)16-5-8-17-18(16)12-13-6-9-20-10-7-13/h2-5,8,11,13H,6-7,9-10,12H2,1H3. The van der Waals surface area contributed by atoms with Gasteiger partial charge in [0.1, 0.15) is 5.75 Å². The normalized spacial score (nSPS) is 16.2. The number of methoxy groups -OCH3 is 1. The van der Waals surface area contributed by atoms with Crippen LogP contribution >= 0.6 is 0 Å². The Morgan fingerprint density at radius 3 is 2.95 bits per heavy atom. The first-order chi connectivity index (χ1) is 9.86. The first kappa shape index (κ1) is 13.2. The van der Waals surface area contributed by atoms with Crippen molar-refractivity contribution in [1.82, 2.24) is 9.78 Å². The summed E-state index contributed by atoms with van der Waals surface area (Å²) in [7, 11) is 1.69. The van der Waals surface area contributed by atoms with E-state index in [9.17, 15) is 0 Å². The second-order valence-corrected chi connectivity index (χ2v) is 5.19. The van der Waals surface area contributed by atoms with E-state index >= 15 is 0 Å². The molecule has 20 heavy (non-hydrogen) atoms. The maximum atomic E-state index is 5.42. The summed E-state index contributed by atoms with van der Waals surface area (Å²) in [6, 6.07) is 10.2. The Kier molecular flexibility index (Phi) is 4.02. The maximum Gasteiger partial charge on any atom is 0.119 e. The van der Waals surface area contributed by atoms with Crippen LogP contribution in [0.2, 0.25) is 0 Å². The van der Waals surface area contributed by atoms with Gasteiger partial charge < -0.3 is 9.47 Å². The Hall–Kier alpha value is -1.81. The van der Waals surface area contributed by atoms with Gasteiger partial charge in [0.2, 0.25) is 0 Å². The van der Waals surface area contributed by atoms with E-state index < -0.39 is 0 Å². The monoisotopic (exact) mass is 272 g/mol. The zero-order valence-corrected chi connectivity index (χ0v) is 11.8. The molecule has 3 rings (SSSR count). The topological polar surface area (TPSA) is 36.3 Å². The molecule has 0 unspecified atom stereocenters. The van der Waals surface area contributed by atoms with Crippen molar-refractivity contribution in [2.75, 3.05) is 20.3 Å². The van der Waals surface area contributed by atoms with Crippen LogP contribution < -0.4 is 4.74 Å². The van der Waals surface area contributed by atoms with Crippen LogP contribution in [0, 0.1) is 5.92 Å². The summed E-state index contributed by atoms with van der Waals surface area (Å²) in [5, 5.41) is 4.48. The molecule has 4 heteroatoms. The fraction of sp³-hybridized carbons (Fsp3) is 0.438. The maximum absolute atomic E-state index is 5.42. The van der Waals surface area contributed by atoms with Crippen LogP contribution in [0.4, 0.5) is 0 Å². The Bertz CT molecular complexity index is 559. The lowest BCUT2D eigenvalue weighted by atomic mass is 10.0. The van der Waals surface area contributed by atoms with Crippen molar-refractivity contribution in [3.63, 3.8) is 0 Å². The molecule has 1 aliphatic heterocycles. The molecule has 0 bridgehead atoms. The summed E-state index contributed by atoms with van der Waals surface area (Å²) in [6.07, 6.45) is 4.11. The SMILES string of the molecule is COc1cccc(-c2ccnn2CC2CCOCC2)c1. The van der Waals surface area contributed by atoms with Gasteiger partial charge in [-0.1, -0.05) is 12.1 Å². The molecule has 0 saturated carbocycles. The van der Waals surface area contributed by atoms with E-state index in [0.717, 1.165) is 49.6 Å². The molecule has 1 aromatic heterocycles. The highest BCUT2D eigenvalue weighted by Gasteiger charge is 2.16. The van der Waals surface area contributed by atoms with E-state index in [2.05, 4.69) is 28.0 Å². The summed E-state index contributed by atoms with van der Waals surface area (Å²) in [6.45, 7) is 2.71. The molecule has 1 saturated heterocycles. The largest absolute Gasteiger partial charge is 0.497 e. The summed E-state index contributed by atoms with van der Waals surface area (Å²) < 4.78 is 12.8. The lowest BCUT2D eigenvalue weighted by Crippen LogP contribution is -2.21. The van der Waals surface area contributed by atoms with Crippen LogP contribution in [-0.4, -0.2) is 30.1 Å². The lowest BCUT2D eigenvalue weighted by molar-refractivity contribution is 0.0603. The van der Waals surface area contributed by atoms with E-state index in [-0.39, 0.29) is 0 Å². The Morgan fingerprint density at radius 1 is 1.30 bits per heavy atom. The minimum atomic E-state index is 0.660. The van der Waals surface area contributed by atoms with E-state index in [1.165, 1.54) is 0 Å². The zero-order valence-electron chi connectivity index (χ0n) is 11.8. The third-order valence-corrected chi connectivity index (χ3v) is 3.85. The van der Waals surface area contributed by atoms with Gasteiger partial charge in [0, 0.05) is 31.5 Å². The third-order valence-electron chi connectivity index (χ3n) is 3.85. The molecule has 0 amide bonds. The molecular weight excluding hydrogens is 252 g/mol. The van der Waals surface area contributed by atoms with Crippen molar-refractivity contribution < 1.29 is 9.47 Å². The van der Waals surface area contributed by atoms with E-state index in [4.69, 9.17) is 9.47 Å². The Labute approximate surface area is 119 Å². The number of ether oxygens (including phenoxy) is 2. The molecule has 0 radical (unpaired) electrons. The van der Waals surface area contributed by atoms with Gasteiger partial charge in [0.05, 0.1) is 12.8 Å². The average molecular weight is 272 g/mol. The smallest absolute Gasteiger partial charge is 0.119 e.